The molecule has 3 aliphatic rings. The van der Waals surface area contributed by atoms with Crippen LogP contribution in [-0.4, -0.2) is 73.5 Å². The van der Waals surface area contributed by atoms with Gasteiger partial charge in [-0.1, -0.05) is 61.4 Å². The number of carbonyl (C=O) groups excluding carboxylic acids is 2. The zero-order valence-corrected chi connectivity index (χ0v) is 33.7. The van der Waals surface area contributed by atoms with Crippen LogP contribution in [0.4, 0.5) is 9.59 Å². The van der Waals surface area contributed by atoms with Crippen LogP contribution in [-0.2, 0) is 42.0 Å². The van der Waals surface area contributed by atoms with Gasteiger partial charge in [0, 0.05) is 44.7 Å². The second-order valence-electron chi connectivity index (χ2n) is 16.2. The molecule has 6 rings (SSSR count). The molecular weight excluding hydrogens is 721 g/mol. The number of fused-ring (bicyclic) bond motifs is 1. The molecule has 1 atom stereocenters. The van der Waals surface area contributed by atoms with E-state index in [1.54, 1.807) is 43.9 Å². The molecular formula is C43H56N2O9S. The van der Waals surface area contributed by atoms with Gasteiger partial charge in [-0.15, -0.1) is 0 Å². The highest BCUT2D eigenvalue weighted by atomic mass is 32.2. The number of ether oxygens (including phenoxy) is 5. The molecule has 3 aromatic carbocycles. The molecule has 12 heteroatoms. The number of amides is 2. The number of carbonyl (C=O) groups is 2. The predicted molar refractivity (Wildman–Crippen MR) is 209 cm³/mol. The standard InChI is InChI=1S/C43H56N2O9S/c1-42(2,3)54-41(47)45(35-21-22-35)55(48,49)39-19-9-8-18-36(39)32-17-14-16-31(27-32)15-10-13-26-50-25-12-7-6-11-24-44-29-38(52-40(44)46)33-20-23-37-34(28-33)30-51-43(4,5)53-37/h8-9,14,16-20,23,27-28,35,38H,6-7,10-13,15,21-22,24-26,29-30H2,1-5H3/t38-/m0/s1. The first kappa shape index (κ1) is 40.5. The van der Waals surface area contributed by atoms with Gasteiger partial charge < -0.3 is 28.6 Å². The van der Waals surface area contributed by atoms with Crippen molar-refractivity contribution < 1.29 is 41.7 Å². The van der Waals surface area contributed by atoms with Crippen LogP contribution >= 0.6 is 0 Å². The Morgan fingerprint density at radius 2 is 1.67 bits per heavy atom. The molecule has 0 spiro atoms. The smallest absolute Gasteiger partial charge is 0.424 e. The second kappa shape index (κ2) is 17.3. The number of sulfonamides is 1. The minimum atomic E-state index is -4.15. The van der Waals surface area contributed by atoms with Gasteiger partial charge in [-0.2, -0.15) is 4.31 Å². The molecule has 1 aliphatic carbocycles. The van der Waals surface area contributed by atoms with Crippen molar-refractivity contribution in [3.8, 4) is 16.9 Å². The van der Waals surface area contributed by atoms with E-state index in [0.29, 0.717) is 51.3 Å². The van der Waals surface area contributed by atoms with E-state index in [-0.39, 0.29) is 23.1 Å². The Hall–Kier alpha value is -4.13. The third-order valence-electron chi connectivity index (χ3n) is 9.86. The van der Waals surface area contributed by atoms with Crippen molar-refractivity contribution in [1.82, 2.24) is 9.21 Å². The van der Waals surface area contributed by atoms with Crippen LogP contribution in [0.25, 0.3) is 11.1 Å². The third-order valence-corrected chi connectivity index (χ3v) is 11.7. The average molecular weight is 777 g/mol. The van der Waals surface area contributed by atoms with Crippen LogP contribution in [0.2, 0.25) is 0 Å². The molecule has 0 N–H and O–H groups in total. The van der Waals surface area contributed by atoms with E-state index in [0.717, 1.165) is 77.3 Å². The Balaban J connectivity index is 0.879. The molecule has 0 radical (unpaired) electrons. The number of benzene rings is 3. The second-order valence-corrected chi connectivity index (χ2v) is 18.0. The summed E-state index contributed by atoms with van der Waals surface area (Å²) in [6, 6.07) is 20.3. The highest BCUT2D eigenvalue weighted by Crippen LogP contribution is 2.38. The number of cyclic esters (lactones) is 1. The van der Waals surface area contributed by atoms with Crippen molar-refractivity contribution in [2.24, 2.45) is 0 Å². The van der Waals surface area contributed by atoms with Crippen molar-refractivity contribution in [1.29, 1.82) is 0 Å². The summed E-state index contributed by atoms with van der Waals surface area (Å²) < 4.78 is 57.6. The highest BCUT2D eigenvalue weighted by molar-refractivity contribution is 7.89. The normalized spacial score (nSPS) is 18.0. The fraction of sp³-hybridized carbons (Fsp3) is 0.535. The number of rotatable bonds is 17. The Kier molecular flexibility index (Phi) is 12.8. The van der Waals surface area contributed by atoms with Gasteiger partial charge in [0.1, 0.15) is 17.5 Å². The number of aryl methyl sites for hydroxylation is 1. The average Bonchev–Trinajstić information content (AvgIpc) is 3.89. The minimum Gasteiger partial charge on any atom is -0.463 e. The summed E-state index contributed by atoms with van der Waals surface area (Å²) in [4.78, 5) is 27.5. The summed E-state index contributed by atoms with van der Waals surface area (Å²) in [5.41, 5.74) is 3.58. The van der Waals surface area contributed by atoms with E-state index in [1.807, 2.05) is 56.3 Å². The van der Waals surface area contributed by atoms with Gasteiger partial charge >= 0.3 is 12.2 Å². The summed E-state index contributed by atoms with van der Waals surface area (Å²) in [5.74, 6) is 0.162. The van der Waals surface area contributed by atoms with Crippen molar-refractivity contribution in [2.75, 3.05) is 26.3 Å². The van der Waals surface area contributed by atoms with E-state index >= 15 is 0 Å². The third kappa shape index (κ3) is 10.8. The number of hydrogen-bond acceptors (Lipinski definition) is 9. The number of nitrogens with zero attached hydrogens (tertiary/aromatic N) is 2. The van der Waals surface area contributed by atoms with E-state index in [4.69, 9.17) is 23.7 Å². The SMILES string of the molecule is CC(C)(C)OC(=O)N(C1CC1)S(=O)(=O)c1ccccc1-c1cccc(CCCCOCCCCCCN2C[C@@H](c3ccc4c(c3)COC(C)(C)O4)OC2=O)c1. The largest absolute Gasteiger partial charge is 0.463 e. The van der Waals surface area contributed by atoms with Gasteiger partial charge in [0.05, 0.1) is 24.1 Å². The van der Waals surface area contributed by atoms with E-state index in [1.165, 1.54) is 0 Å². The first-order chi connectivity index (χ1) is 26.2. The van der Waals surface area contributed by atoms with E-state index in [2.05, 4.69) is 6.07 Å². The fourth-order valence-corrected chi connectivity index (χ4v) is 8.67. The summed E-state index contributed by atoms with van der Waals surface area (Å²) in [7, 11) is -4.15. The minimum absolute atomic E-state index is 0.100. The zero-order chi connectivity index (χ0) is 39.2. The number of unbranched alkanes of at least 4 members (excludes halogenated alkanes) is 4. The van der Waals surface area contributed by atoms with Crippen LogP contribution in [0.5, 0.6) is 5.75 Å². The molecule has 298 valence electrons. The van der Waals surface area contributed by atoms with Crippen molar-refractivity contribution in [3.05, 3.63) is 83.4 Å². The molecule has 2 fully saturated rings. The molecule has 3 aromatic rings. The highest BCUT2D eigenvalue weighted by Gasteiger charge is 2.44. The summed E-state index contributed by atoms with van der Waals surface area (Å²) >= 11 is 0. The van der Waals surface area contributed by atoms with Crippen LogP contribution in [0.3, 0.4) is 0 Å². The maximum Gasteiger partial charge on any atom is 0.424 e. The van der Waals surface area contributed by atoms with Gasteiger partial charge in [0.15, 0.2) is 0 Å². The van der Waals surface area contributed by atoms with E-state index < -0.39 is 27.5 Å². The molecule has 11 nitrogen and oxygen atoms in total. The first-order valence-corrected chi connectivity index (χ1v) is 21.1. The molecule has 1 saturated carbocycles. The lowest BCUT2D eigenvalue weighted by molar-refractivity contribution is -0.180. The molecule has 2 aliphatic heterocycles. The van der Waals surface area contributed by atoms with Gasteiger partial charge in [-0.05, 0) is 101 Å². The Bertz CT molecular complexity index is 1920. The predicted octanol–water partition coefficient (Wildman–Crippen LogP) is 9.18. The monoisotopic (exact) mass is 776 g/mol. The van der Waals surface area contributed by atoms with Crippen molar-refractivity contribution in [2.45, 2.75) is 127 Å². The molecule has 55 heavy (non-hydrogen) atoms. The van der Waals surface area contributed by atoms with Crippen molar-refractivity contribution in [3.63, 3.8) is 0 Å². The van der Waals surface area contributed by atoms with Gasteiger partial charge in [0.2, 0.25) is 5.79 Å². The lowest BCUT2D eigenvalue weighted by atomic mass is 10.0. The quantitative estimate of drug-likeness (QED) is 0.124. The Labute approximate surface area is 326 Å². The van der Waals surface area contributed by atoms with Crippen LogP contribution in [0.15, 0.2) is 71.6 Å². The Morgan fingerprint density at radius 3 is 2.44 bits per heavy atom. The summed E-state index contributed by atoms with van der Waals surface area (Å²) in [6.07, 6.45) is 6.51. The molecule has 2 heterocycles. The lowest BCUT2D eigenvalue weighted by Gasteiger charge is -2.32. The maximum absolute atomic E-state index is 13.9. The molecule has 0 bridgehead atoms. The molecule has 2 amide bonds. The lowest BCUT2D eigenvalue weighted by Crippen LogP contribution is -2.42. The summed E-state index contributed by atoms with van der Waals surface area (Å²) in [5, 5.41) is 0. The van der Waals surface area contributed by atoms with Crippen LogP contribution < -0.4 is 4.74 Å². The van der Waals surface area contributed by atoms with Crippen LogP contribution in [0, 0.1) is 0 Å². The molecule has 0 unspecified atom stereocenters. The maximum atomic E-state index is 13.9. The van der Waals surface area contributed by atoms with Gasteiger partial charge in [0.25, 0.3) is 10.0 Å². The van der Waals surface area contributed by atoms with Gasteiger partial charge in [-0.25, -0.2) is 18.0 Å². The van der Waals surface area contributed by atoms with Crippen LogP contribution in [0.1, 0.15) is 109 Å². The first-order valence-electron chi connectivity index (χ1n) is 19.6. The zero-order valence-electron chi connectivity index (χ0n) is 32.9. The summed E-state index contributed by atoms with van der Waals surface area (Å²) in [6.45, 7) is 12.0. The molecule has 1 saturated heterocycles. The van der Waals surface area contributed by atoms with Gasteiger partial charge in [-0.3, -0.25) is 0 Å². The number of hydrogen-bond donors (Lipinski definition) is 0. The van der Waals surface area contributed by atoms with E-state index in [9.17, 15) is 18.0 Å². The van der Waals surface area contributed by atoms with Crippen molar-refractivity contribution >= 4 is 22.2 Å². The fourth-order valence-electron chi connectivity index (χ4n) is 6.91. The topological polar surface area (TPSA) is 121 Å². The molecule has 0 aromatic heterocycles. The Morgan fingerprint density at radius 1 is 0.927 bits per heavy atom.